The van der Waals surface area contributed by atoms with E-state index in [1.807, 2.05) is 0 Å². The Balaban J connectivity index is 1.96. The van der Waals surface area contributed by atoms with Crippen molar-refractivity contribution in [3.63, 3.8) is 0 Å². The van der Waals surface area contributed by atoms with E-state index in [-0.39, 0.29) is 0 Å². The lowest BCUT2D eigenvalue weighted by molar-refractivity contribution is 0.459. The Bertz CT molecular complexity index is 544. The van der Waals surface area contributed by atoms with Crippen LogP contribution in [0.1, 0.15) is 0 Å². The number of benzene rings is 2. The van der Waals surface area contributed by atoms with Crippen LogP contribution >= 0.6 is 23.2 Å². The predicted molar refractivity (Wildman–Crippen MR) is 78.7 cm³/mol. The summed E-state index contributed by atoms with van der Waals surface area (Å²) in [7, 11) is 1.13. The molecule has 0 aliphatic carbocycles. The summed E-state index contributed by atoms with van der Waals surface area (Å²) in [6, 6.07) is 9.79. The Morgan fingerprint density at radius 1 is 0.789 bits per heavy atom. The molecule has 1 radical (unpaired) electrons. The van der Waals surface area contributed by atoms with Crippen molar-refractivity contribution in [1.82, 2.24) is 0 Å². The Morgan fingerprint density at radius 3 is 1.58 bits per heavy atom. The molecule has 0 saturated carbocycles. The Labute approximate surface area is 121 Å². The maximum Gasteiger partial charge on any atom is 0.658 e. The smallest absolute Gasteiger partial charge is 0.525 e. The third-order valence-corrected chi connectivity index (χ3v) is 2.85. The van der Waals surface area contributed by atoms with Crippen LogP contribution in [0.15, 0.2) is 36.4 Å². The first-order valence-electron chi connectivity index (χ1n) is 5.31. The maximum atomic E-state index is 5.94. The first kappa shape index (κ1) is 13.7. The standard InChI is InChI=1S/C12H10BCl2N2O2/c14-9-5-7(16)1-3-11(9)18-13-19-12-4-2-8(17)6-10(12)15/h1-6H,16-17H2. The highest BCUT2D eigenvalue weighted by atomic mass is 35.5. The van der Waals surface area contributed by atoms with Gasteiger partial charge in [0.05, 0.1) is 10.0 Å². The van der Waals surface area contributed by atoms with Gasteiger partial charge in [0, 0.05) is 11.4 Å². The van der Waals surface area contributed by atoms with Gasteiger partial charge >= 0.3 is 7.69 Å². The van der Waals surface area contributed by atoms with Gasteiger partial charge < -0.3 is 20.8 Å². The molecule has 0 aliphatic rings. The molecule has 7 heteroatoms. The molecule has 2 rings (SSSR count). The van der Waals surface area contributed by atoms with Crippen LogP contribution in [0.5, 0.6) is 11.5 Å². The van der Waals surface area contributed by atoms with E-state index in [2.05, 4.69) is 0 Å². The van der Waals surface area contributed by atoms with Crippen LogP contribution in [0.4, 0.5) is 11.4 Å². The van der Waals surface area contributed by atoms with Gasteiger partial charge in [-0.15, -0.1) is 0 Å². The molecule has 0 aliphatic heterocycles. The fourth-order valence-corrected chi connectivity index (χ4v) is 1.82. The Kier molecular flexibility index (Phi) is 4.29. The molecule has 0 bridgehead atoms. The van der Waals surface area contributed by atoms with Gasteiger partial charge in [-0.05, 0) is 36.4 Å². The average molecular weight is 296 g/mol. The van der Waals surface area contributed by atoms with Gasteiger partial charge in [0.1, 0.15) is 11.5 Å². The van der Waals surface area contributed by atoms with Gasteiger partial charge in [-0.25, -0.2) is 0 Å². The number of halogens is 2. The SMILES string of the molecule is Nc1ccc(O[B]Oc2ccc(N)cc2Cl)c(Cl)c1. The minimum Gasteiger partial charge on any atom is -0.525 e. The second-order valence-electron chi connectivity index (χ2n) is 3.71. The second-order valence-corrected chi connectivity index (χ2v) is 4.53. The van der Waals surface area contributed by atoms with Gasteiger partial charge in [-0.1, -0.05) is 23.2 Å². The van der Waals surface area contributed by atoms with E-state index in [1.165, 1.54) is 0 Å². The van der Waals surface area contributed by atoms with Crippen LogP contribution in [0.2, 0.25) is 10.0 Å². The molecule has 0 fully saturated rings. The van der Waals surface area contributed by atoms with Crippen molar-refractivity contribution in [2.24, 2.45) is 0 Å². The lowest BCUT2D eigenvalue weighted by Gasteiger charge is -2.09. The lowest BCUT2D eigenvalue weighted by Crippen LogP contribution is -2.11. The molecule has 19 heavy (non-hydrogen) atoms. The number of hydrogen-bond acceptors (Lipinski definition) is 4. The van der Waals surface area contributed by atoms with E-state index >= 15 is 0 Å². The summed E-state index contributed by atoms with van der Waals surface area (Å²) in [5.74, 6) is 0.866. The second kappa shape index (κ2) is 5.95. The Morgan fingerprint density at radius 2 is 1.21 bits per heavy atom. The molecule has 0 spiro atoms. The quantitative estimate of drug-likeness (QED) is 0.671. The molecule has 97 valence electrons. The summed E-state index contributed by atoms with van der Waals surface area (Å²) < 4.78 is 10.5. The van der Waals surface area contributed by atoms with E-state index in [1.54, 1.807) is 36.4 Å². The average Bonchev–Trinajstić information content (AvgIpc) is 2.34. The maximum absolute atomic E-state index is 5.94. The summed E-state index contributed by atoms with van der Waals surface area (Å²) in [6.45, 7) is 0. The molecule has 0 atom stereocenters. The normalized spacial score (nSPS) is 10.0. The zero-order valence-corrected chi connectivity index (χ0v) is 11.3. The largest absolute Gasteiger partial charge is 0.658 e. The number of hydrogen-bond donors (Lipinski definition) is 2. The van der Waals surface area contributed by atoms with E-state index in [4.69, 9.17) is 44.0 Å². The molecule has 4 nitrogen and oxygen atoms in total. The minimum atomic E-state index is 0.392. The first-order valence-corrected chi connectivity index (χ1v) is 6.07. The van der Waals surface area contributed by atoms with Crippen LogP contribution in [0.3, 0.4) is 0 Å². The highest BCUT2D eigenvalue weighted by Crippen LogP contribution is 2.28. The molecule has 4 N–H and O–H groups in total. The van der Waals surface area contributed by atoms with Gasteiger partial charge in [-0.3, -0.25) is 0 Å². The third kappa shape index (κ3) is 3.62. The van der Waals surface area contributed by atoms with Crippen molar-refractivity contribution in [2.75, 3.05) is 11.5 Å². The van der Waals surface area contributed by atoms with E-state index < -0.39 is 0 Å². The fraction of sp³-hybridized carbons (Fsp3) is 0. The molecular formula is C12H10BCl2N2O2. The van der Waals surface area contributed by atoms with Gasteiger partial charge in [0.2, 0.25) is 0 Å². The molecule has 0 unspecified atom stereocenters. The van der Waals surface area contributed by atoms with Gasteiger partial charge in [0.25, 0.3) is 0 Å². The first-order chi connectivity index (χ1) is 9.06. The molecule has 2 aromatic carbocycles. The molecule has 0 amide bonds. The van der Waals surface area contributed by atoms with Crippen LogP contribution in [-0.4, -0.2) is 7.69 Å². The topological polar surface area (TPSA) is 70.5 Å². The van der Waals surface area contributed by atoms with E-state index in [0.29, 0.717) is 32.9 Å². The van der Waals surface area contributed by atoms with Crippen molar-refractivity contribution < 1.29 is 9.31 Å². The van der Waals surface area contributed by atoms with E-state index in [0.717, 1.165) is 7.69 Å². The highest BCUT2D eigenvalue weighted by molar-refractivity contribution is 6.34. The third-order valence-electron chi connectivity index (χ3n) is 2.26. The summed E-state index contributed by atoms with van der Waals surface area (Å²) in [6.07, 6.45) is 0. The molecule has 0 saturated heterocycles. The van der Waals surface area contributed by atoms with Gasteiger partial charge in [0.15, 0.2) is 0 Å². The van der Waals surface area contributed by atoms with Crippen LogP contribution in [0, 0.1) is 0 Å². The highest BCUT2D eigenvalue weighted by Gasteiger charge is 2.08. The van der Waals surface area contributed by atoms with E-state index in [9.17, 15) is 0 Å². The van der Waals surface area contributed by atoms with Crippen LogP contribution < -0.4 is 20.8 Å². The fourth-order valence-electron chi connectivity index (χ4n) is 1.35. The number of nitrogen functional groups attached to an aromatic ring is 2. The van der Waals surface area contributed by atoms with Gasteiger partial charge in [-0.2, -0.15) is 0 Å². The lowest BCUT2D eigenvalue weighted by atomic mass is 10.2. The van der Waals surface area contributed by atoms with Crippen molar-refractivity contribution in [1.29, 1.82) is 0 Å². The zero-order chi connectivity index (χ0) is 13.8. The number of nitrogens with two attached hydrogens (primary N) is 2. The van der Waals surface area contributed by atoms with Crippen molar-refractivity contribution in [3.8, 4) is 11.5 Å². The predicted octanol–water partition coefficient (Wildman–Crippen LogP) is 3.15. The summed E-state index contributed by atoms with van der Waals surface area (Å²) in [5, 5.41) is 0.784. The minimum absolute atomic E-state index is 0.392. The van der Waals surface area contributed by atoms with Crippen LogP contribution in [0.25, 0.3) is 0 Å². The molecule has 0 aromatic heterocycles. The van der Waals surface area contributed by atoms with Crippen LogP contribution in [-0.2, 0) is 0 Å². The van der Waals surface area contributed by atoms with Crippen molar-refractivity contribution in [3.05, 3.63) is 46.4 Å². The number of rotatable bonds is 4. The molecule has 0 heterocycles. The molecular weight excluding hydrogens is 286 g/mol. The number of anilines is 2. The zero-order valence-electron chi connectivity index (χ0n) is 9.77. The monoisotopic (exact) mass is 295 g/mol. The summed E-state index contributed by atoms with van der Waals surface area (Å²) in [4.78, 5) is 0. The Hall–Kier alpha value is -1.72. The van der Waals surface area contributed by atoms with Crippen molar-refractivity contribution >= 4 is 42.3 Å². The van der Waals surface area contributed by atoms with Crippen molar-refractivity contribution in [2.45, 2.75) is 0 Å². The summed E-state index contributed by atoms with van der Waals surface area (Å²) in [5.41, 5.74) is 12.3. The molecule has 2 aromatic rings. The summed E-state index contributed by atoms with van der Waals surface area (Å²) >= 11 is 11.9.